The first kappa shape index (κ1) is 13.8. The van der Waals surface area contributed by atoms with Gasteiger partial charge in [-0.05, 0) is 6.42 Å². The Morgan fingerprint density at radius 3 is 2.94 bits per heavy atom. The highest BCUT2D eigenvalue weighted by atomic mass is 19.3. The number of alkyl halides is 2. The van der Waals surface area contributed by atoms with Crippen molar-refractivity contribution in [1.82, 2.24) is 10.6 Å². The van der Waals surface area contributed by atoms with E-state index in [1.807, 2.05) is 0 Å². The molecule has 1 unspecified atom stereocenters. The van der Waals surface area contributed by atoms with Crippen molar-refractivity contribution in [3.63, 3.8) is 0 Å². The fraction of sp³-hybridized carbons (Fsp3) is 0.800. The van der Waals surface area contributed by atoms with Crippen LogP contribution >= 0.6 is 0 Å². The number of nitrogens with one attached hydrogen (secondary N) is 2. The molecule has 0 aromatic carbocycles. The fourth-order valence-electron chi connectivity index (χ4n) is 1.49. The van der Waals surface area contributed by atoms with Crippen LogP contribution in [-0.2, 0) is 14.3 Å². The summed E-state index contributed by atoms with van der Waals surface area (Å²) in [6, 6.07) is -0.0738. The minimum absolute atomic E-state index is 0.0178. The Hall–Kier alpha value is -1.24. The van der Waals surface area contributed by atoms with E-state index >= 15 is 0 Å². The molecule has 7 heteroatoms. The molecule has 1 heterocycles. The van der Waals surface area contributed by atoms with Gasteiger partial charge in [0.25, 0.3) is 6.43 Å². The Morgan fingerprint density at radius 1 is 1.59 bits per heavy atom. The van der Waals surface area contributed by atoms with Crippen LogP contribution in [0.3, 0.4) is 0 Å². The summed E-state index contributed by atoms with van der Waals surface area (Å²) in [7, 11) is 0. The van der Waals surface area contributed by atoms with Crippen molar-refractivity contribution in [2.24, 2.45) is 0 Å². The molecule has 2 amide bonds. The summed E-state index contributed by atoms with van der Waals surface area (Å²) in [5.74, 6) is -0.267. The Labute approximate surface area is 97.9 Å². The molecule has 1 aliphatic rings. The van der Waals surface area contributed by atoms with E-state index in [0.29, 0.717) is 19.4 Å². The SMILES string of the molecule is O=C1CCC(NC(=O)CCOCC(F)F)CN1. The minimum atomic E-state index is -2.51. The Balaban J connectivity index is 2.06. The monoisotopic (exact) mass is 250 g/mol. The normalized spacial score (nSPS) is 20.2. The van der Waals surface area contributed by atoms with Gasteiger partial charge in [0, 0.05) is 25.4 Å². The molecule has 0 aromatic heterocycles. The lowest BCUT2D eigenvalue weighted by Crippen LogP contribution is -2.47. The molecule has 0 aromatic rings. The van der Waals surface area contributed by atoms with Gasteiger partial charge in [0.05, 0.1) is 6.61 Å². The van der Waals surface area contributed by atoms with E-state index < -0.39 is 13.0 Å². The maximum atomic E-state index is 11.7. The van der Waals surface area contributed by atoms with E-state index in [4.69, 9.17) is 0 Å². The second-order valence-corrected chi connectivity index (χ2v) is 3.82. The predicted molar refractivity (Wildman–Crippen MR) is 55.6 cm³/mol. The molecule has 17 heavy (non-hydrogen) atoms. The molecule has 0 aliphatic carbocycles. The summed E-state index contributed by atoms with van der Waals surface area (Å²) in [5.41, 5.74) is 0. The lowest BCUT2D eigenvalue weighted by molar-refractivity contribution is -0.126. The van der Waals surface area contributed by atoms with E-state index in [1.54, 1.807) is 0 Å². The van der Waals surface area contributed by atoms with Crippen molar-refractivity contribution in [2.75, 3.05) is 19.8 Å². The first-order chi connectivity index (χ1) is 8.08. The third kappa shape index (κ3) is 6.15. The van der Waals surface area contributed by atoms with E-state index in [9.17, 15) is 18.4 Å². The second-order valence-electron chi connectivity index (χ2n) is 3.82. The standard InChI is InChI=1S/C10H16F2N2O3/c11-8(12)6-17-4-3-10(16)14-7-1-2-9(15)13-5-7/h7-8H,1-6H2,(H,13,15)(H,14,16). The molecule has 98 valence electrons. The van der Waals surface area contributed by atoms with Gasteiger partial charge >= 0.3 is 0 Å². The zero-order valence-corrected chi connectivity index (χ0v) is 9.38. The third-order valence-electron chi connectivity index (χ3n) is 2.35. The molecule has 0 spiro atoms. The average molecular weight is 250 g/mol. The van der Waals surface area contributed by atoms with Crippen LogP contribution in [0.15, 0.2) is 0 Å². The van der Waals surface area contributed by atoms with Crippen molar-refractivity contribution in [3.05, 3.63) is 0 Å². The number of piperidine rings is 1. The zero-order valence-electron chi connectivity index (χ0n) is 9.38. The Bertz CT molecular complexity index is 264. The van der Waals surface area contributed by atoms with Crippen molar-refractivity contribution in [2.45, 2.75) is 31.7 Å². The number of carbonyl (C=O) groups excluding carboxylic acids is 2. The number of rotatable bonds is 6. The summed E-state index contributed by atoms with van der Waals surface area (Å²) in [5, 5.41) is 5.34. The molecule has 5 nitrogen and oxygen atoms in total. The Morgan fingerprint density at radius 2 is 2.35 bits per heavy atom. The van der Waals surface area contributed by atoms with Gasteiger partial charge in [0.2, 0.25) is 11.8 Å². The van der Waals surface area contributed by atoms with Gasteiger partial charge in [-0.15, -0.1) is 0 Å². The van der Waals surface area contributed by atoms with Crippen LogP contribution in [0.25, 0.3) is 0 Å². The molecule has 0 bridgehead atoms. The summed E-state index contributed by atoms with van der Waals surface area (Å²) < 4.78 is 28.0. The Kier molecular flexibility index (Phi) is 5.82. The molecular weight excluding hydrogens is 234 g/mol. The third-order valence-corrected chi connectivity index (χ3v) is 2.35. The molecule has 0 radical (unpaired) electrons. The maximum Gasteiger partial charge on any atom is 0.261 e. The molecule has 1 atom stereocenters. The largest absolute Gasteiger partial charge is 0.375 e. The number of hydrogen-bond acceptors (Lipinski definition) is 3. The molecule has 1 fully saturated rings. The number of ether oxygens (including phenoxy) is 1. The van der Waals surface area contributed by atoms with Gasteiger partial charge in [0.1, 0.15) is 6.61 Å². The topological polar surface area (TPSA) is 67.4 Å². The highest BCUT2D eigenvalue weighted by Gasteiger charge is 2.19. The smallest absolute Gasteiger partial charge is 0.261 e. The van der Waals surface area contributed by atoms with Crippen LogP contribution in [-0.4, -0.2) is 44.0 Å². The maximum absolute atomic E-state index is 11.7. The number of hydrogen-bond donors (Lipinski definition) is 2. The molecule has 0 saturated carbocycles. The summed E-state index contributed by atoms with van der Waals surface area (Å²) >= 11 is 0. The second kappa shape index (κ2) is 7.16. The quantitative estimate of drug-likeness (QED) is 0.655. The molecule has 1 rings (SSSR count). The zero-order chi connectivity index (χ0) is 12.7. The van der Waals surface area contributed by atoms with Gasteiger partial charge in [-0.2, -0.15) is 0 Å². The lowest BCUT2D eigenvalue weighted by atomic mass is 10.1. The van der Waals surface area contributed by atoms with Gasteiger partial charge in [0.15, 0.2) is 0 Å². The summed E-state index contributed by atoms with van der Waals surface area (Å²) in [4.78, 5) is 22.2. The predicted octanol–water partition coefficient (Wildman–Crippen LogP) is 0.0530. The highest BCUT2D eigenvalue weighted by Crippen LogP contribution is 2.03. The molecule has 2 N–H and O–H groups in total. The highest BCUT2D eigenvalue weighted by molar-refractivity contribution is 5.78. The van der Waals surface area contributed by atoms with Crippen molar-refractivity contribution in [3.8, 4) is 0 Å². The van der Waals surface area contributed by atoms with Crippen LogP contribution in [0.1, 0.15) is 19.3 Å². The van der Waals surface area contributed by atoms with E-state index in [-0.39, 0.29) is 30.9 Å². The lowest BCUT2D eigenvalue weighted by Gasteiger charge is -2.23. The minimum Gasteiger partial charge on any atom is -0.375 e. The van der Waals surface area contributed by atoms with Crippen LogP contribution in [0.4, 0.5) is 8.78 Å². The fourth-order valence-corrected chi connectivity index (χ4v) is 1.49. The first-order valence-electron chi connectivity index (χ1n) is 5.50. The molecule has 1 saturated heterocycles. The van der Waals surface area contributed by atoms with Gasteiger partial charge in [-0.1, -0.05) is 0 Å². The average Bonchev–Trinajstić information content (AvgIpc) is 2.27. The van der Waals surface area contributed by atoms with Crippen LogP contribution in [0.5, 0.6) is 0 Å². The first-order valence-corrected chi connectivity index (χ1v) is 5.50. The molecular formula is C10H16F2N2O3. The van der Waals surface area contributed by atoms with Gasteiger partial charge < -0.3 is 15.4 Å². The summed E-state index contributed by atoms with van der Waals surface area (Å²) in [6.07, 6.45) is -1.45. The van der Waals surface area contributed by atoms with Crippen LogP contribution < -0.4 is 10.6 Å². The van der Waals surface area contributed by atoms with Crippen LogP contribution in [0, 0.1) is 0 Å². The van der Waals surface area contributed by atoms with Crippen molar-refractivity contribution < 1.29 is 23.1 Å². The number of amides is 2. The number of halogens is 2. The number of carbonyl (C=O) groups is 2. The van der Waals surface area contributed by atoms with Crippen molar-refractivity contribution in [1.29, 1.82) is 0 Å². The van der Waals surface area contributed by atoms with E-state index in [2.05, 4.69) is 15.4 Å². The van der Waals surface area contributed by atoms with Gasteiger partial charge in [-0.3, -0.25) is 9.59 Å². The van der Waals surface area contributed by atoms with E-state index in [1.165, 1.54) is 0 Å². The van der Waals surface area contributed by atoms with Gasteiger partial charge in [-0.25, -0.2) is 8.78 Å². The summed E-state index contributed by atoms with van der Waals surface area (Å²) in [6.45, 7) is -0.246. The molecule has 1 aliphatic heterocycles. The van der Waals surface area contributed by atoms with Crippen LogP contribution in [0.2, 0.25) is 0 Å². The van der Waals surface area contributed by atoms with E-state index in [0.717, 1.165) is 0 Å². The van der Waals surface area contributed by atoms with Crippen molar-refractivity contribution >= 4 is 11.8 Å².